The minimum absolute atomic E-state index is 0.154. The molecule has 166 valence electrons. The normalized spacial score (nSPS) is 14.6. The fourth-order valence-electron chi connectivity index (χ4n) is 3.37. The van der Waals surface area contributed by atoms with Gasteiger partial charge in [-0.1, -0.05) is 42.5 Å². The second kappa shape index (κ2) is 9.95. The van der Waals surface area contributed by atoms with Gasteiger partial charge in [-0.2, -0.15) is 4.31 Å². The molecule has 1 N–H and O–H groups in total. The molecule has 1 fully saturated rings. The van der Waals surface area contributed by atoms with Crippen molar-refractivity contribution in [3.05, 3.63) is 78.9 Å². The van der Waals surface area contributed by atoms with Gasteiger partial charge in [-0.15, -0.1) is 0 Å². The van der Waals surface area contributed by atoms with E-state index < -0.39 is 10.0 Å². The van der Waals surface area contributed by atoms with E-state index in [0.29, 0.717) is 37.7 Å². The molecule has 32 heavy (non-hydrogen) atoms. The smallest absolute Gasteiger partial charge is 0.262 e. The van der Waals surface area contributed by atoms with Crippen LogP contribution >= 0.6 is 0 Å². The van der Waals surface area contributed by atoms with Gasteiger partial charge in [0.05, 0.1) is 18.1 Å². The van der Waals surface area contributed by atoms with Crippen LogP contribution in [-0.4, -0.2) is 51.5 Å². The van der Waals surface area contributed by atoms with Crippen LogP contribution in [-0.2, 0) is 19.6 Å². The van der Waals surface area contributed by atoms with E-state index in [1.165, 1.54) is 16.4 Å². The Morgan fingerprint density at radius 3 is 2.16 bits per heavy atom. The topological polar surface area (TPSA) is 84.9 Å². The molecule has 3 aromatic rings. The zero-order valence-electron chi connectivity index (χ0n) is 17.4. The standard InChI is InChI=1S/C24H24N2O5S/c27-24(18-31-22-10-6-20(7-11-22)19-4-2-1-3-5-19)25-21-8-12-23(13-9-21)32(28,29)26-14-16-30-17-15-26/h1-13H,14-18H2,(H,25,27). The third kappa shape index (κ3) is 5.34. The molecule has 0 atom stereocenters. The molecule has 1 aliphatic heterocycles. The van der Waals surface area contributed by atoms with Gasteiger partial charge < -0.3 is 14.8 Å². The molecular formula is C24H24N2O5S. The van der Waals surface area contributed by atoms with Crippen LogP contribution in [0.25, 0.3) is 11.1 Å². The largest absolute Gasteiger partial charge is 0.484 e. The molecule has 4 rings (SSSR count). The molecule has 1 amide bonds. The van der Waals surface area contributed by atoms with Gasteiger partial charge in [0, 0.05) is 18.8 Å². The molecule has 1 heterocycles. The van der Waals surface area contributed by atoms with Crippen molar-refractivity contribution in [3.8, 4) is 16.9 Å². The number of benzene rings is 3. The minimum Gasteiger partial charge on any atom is -0.484 e. The van der Waals surface area contributed by atoms with Gasteiger partial charge in [0.1, 0.15) is 5.75 Å². The van der Waals surface area contributed by atoms with E-state index in [-0.39, 0.29) is 17.4 Å². The number of ether oxygens (including phenoxy) is 2. The molecule has 1 saturated heterocycles. The number of morpholine rings is 1. The van der Waals surface area contributed by atoms with Crippen molar-refractivity contribution in [2.24, 2.45) is 0 Å². The fourth-order valence-corrected chi connectivity index (χ4v) is 4.77. The highest BCUT2D eigenvalue weighted by Crippen LogP contribution is 2.22. The summed E-state index contributed by atoms with van der Waals surface area (Å²) in [5.41, 5.74) is 2.67. The number of nitrogens with one attached hydrogen (secondary N) is 1. The van der Waals surface area contributed by atoms with Crippen molar-refractivity contribution in [2.75, 3.05) is 38.2 Å². The number of sulfonamides is 1. The maximum Gasteiger partial charge on any atom is 0.262 e. The van der Waals surface area contributed by atoms with Gasteiger partial charge in [-0.25, -0.2) is 8.42 Å². The van der Waals surface area contributed by atoms with Crippen molar-refractivity contribution in [1.82, 2.24) is 4.31 Å². The average Bonchev–Trinajstić information content (AvgIpc) is 2.84. The van der Waals surface area contributed by atoms with E-state index >= 15 is 0 Å². The van der Waals surface area contributed by atoms with Crippen LogP contribution in [0, 0.1) is 0 Å². The predicted octanol–water partition coefficient (Wildman–Crippen LogP) is 3.39. The lowest BCUT2D eigenvalue weighted by Gasteiger charge is -2.26. The Hall–Kier alpha value is -3.20. The number of carbonyl (C=O) groups is 1. The predicted molar refractivity (Wildman–Crippen MR) is 122 cm³/mol. The van der Waals surface area contributed by atoms with Crippen molar-refractivity contribution in [3.63, 3.8) is 0 Å². The highest BCUT2D eigenvalue weighted by Gasteiger charge is 2.26. The first kappa shape index (κ1) is 22.0. The number of rotatable bonds is 7. The molecule has 0 unspecified atom stereocenters. The highest BCUT2D eigenvalue weighted by molar-refractivity contribution is 7.89. The molecule has 0 bridgehead atoms. The SMILES string of the molecule is O=C(COc1ccc(-c2ccccc2)cc1)Nc1ccc(S(=O)(=O)N2CCOCC2)cc1. The second-order valence-corrected chi connectivity index (χ2v) is 9.21. The minimum atomic E-state index is -3.56. The summed E-state index contributed by atoms with van der Waals surface area (Å²) in [6.45, 7) is 1.30. The van der Waals surface area contributed by atoms with Crippen LogP contribution in [0.1, 0.15) is 0 Å². The molecule has 0 spiro atoms. The molecule has 7 nitrogen and oxygen atoms in total. The first-order valence-electron chi connectivity index (χ1n) is 10.3. The summed E-state index contributed by atoms with van der Waals surface area (Å²) < 4.78 is 37.5. The van der Waals surface area contributed by atoms with Crippen molar-refractivity contribution in [1.29, 1.82) is 0 Å². The molecule has 3 aromatic carbocycles. The van der Waals surface area contributed by atoms with Crippen LogP contribution in [0.15, 0.2) is 83.8 Å². The van der Waals surface area contributed by atoms with Crippen LogP contribution in [0.4, 0.5) is 5.69 Å². The lowest BCUT2D eigenvalue weighted by Crippen LogP contribution is -2.40. The number of hydrogen-bond donors (Lipinski definition) is 1. The molecular weight excluding hydrogens is 428 g/mol. The van der Waals surface area contributed by atoms with Gasteiger partial charge in [-0.3, -0.25) is 4.79 Å². The van der Waals surface area contributed by atoms with E-state index in [1.54, 1.807) is 12.1 Å². The highest BCUT2D eigenvalue weighted by atomic mass is 32.2. The second-order valence-electron chi connectivity index (χ2n) is 7.27. The molecule has 0 aromatic heterocycles. The first-order valence-corrected chi connectivity index (χ1v) is 11.7. The zero-order valence-corrected chi connectivity index (χ0v) is 18.3. The third-order valence-electron chi connectivity index (χ3n) is 5.08. The average molecular weight is 453 g/mol. The maximum atomic E-state index is 12.7. The summed E-state index contributed by atoms with van der Waals surface area (Å²) in [5.74, 6) is 0.257. The zero-order chi connectivity index (χ0) is 22.4. The Morgan fingerprint density at radius 2 is 1.50 bits per heavy atom. The molecule has 1 aliphatic rings. The van der Waals surface area contributed by atoms with Crippen LogP contribution in [0.3, 0.4) is 0 Å². The van der Waals surface area contributed by atoms with Crippen molar-refractivity contribution < 1.29 is 22.7 Å². The quantitative estimate of drug-likeness (QED) is 0.594. The molecule has 0 saturated carbocycles. The van der Waals surface area contributed by atoms with E-state index in [1.807, 2.05) is 54.6 Å². The van der Waals surface area contributed by atoms with Crippen molar-refractivity contribution >= 4 is 21.6 Å². The summed E-state index contributed by atoms with van der Waals surface area (Å²) in [6.07, 6.45) is 0. The Balaban J connectivity index is 1.30. The summed E-state index contributed by atoms with van der Waals surface area (Å²) >= 11 is 0. The number of carbonyl (C=O) groups excluding carboxylic acids is 1. The molecule has 0 radical (unpaired) electrons. The van der Waals surface area contributed by atoms with Gasteiger partial charge in [0.15, 0.2) is 6.61 Å². The van der Waals surface area contributed by atoms with Crippen LogP contribution < -0.4 is 10.1 Å². The van der Waals surface area contributed by atoms with E-state index in [9.17, 15) is 13.2 Å². The van der Waals surface area contributed by atoms with Crippen LogP contribution in [0.2, 0.25) is 0 Å². The van der Waals surface area contributed by atoms with Gasteiger partial charge >= 0.3 is 0 Å². The third-order valence-corrected chi connectivity index (χ3v) is 6.99. The lowest BCUT2D eigenvalue weighted by molar-refractivity contribution is -0.118. The fraction of sp³-hybridized carbons (Fsp3) is 0.208. The van der Waals surface area contributed by atoms with E-state index in [2.05, 4.69) is 5.32 Å². The van der Waals surface area contributed by atoms with Crippen LogP contribution in [0.5, 0.6) is 5.75 Å². The monoisotopic (exact) mass is 452 g/mol. The van der Waals surface area contributed by atoms with E-state index in [0.717, 1.165) is 11.1 Å². The lowest BCUT2D eigenvalue weighted by atomic mass is 10.1. The van der Waals surface area contributed by atoms with Gasteiger partial charge in [-0.05, 0) is 47.5 Å². The summed E-state index contributed by atoms with van der Waals surface area (Å²) in [4.78, 5) is 12.4. The number of anilines is 1. The number of amides is 1. The van der Waals surface area contributed by atoms with Crippen molar-refractivity contribution in [2.45, 2.75) is 4.90 Å². The summed E-state index contributed by atoms with van der Waals surface area (Å²) in [7, 11) is -3.56. The molecule has 0 aliphatic carbocycles. The maximum absolute atomic E-state index is 12.7. The Labute approximate surface area is 187 Å². The number of nitrogens with zero attached hydrogens (tertiary/aromatic N) is 1. The number of hydrogen-bond acceptors (Lipinski definition) is 5. The summed E-state index contributed by atoms with van der Waals surface area (Å²) in [5, 5.41) is 2.72. The van der Waals surface area contributed by atoms with Gasteiger partial charge in [0.2, 0.25) is 10.0 Å². The van der Waals surface area contributed by atoms with E-state index in [4.69, 9.17) is 9.47 Å². The Morgan fingerprint density at radius 1 is 0.875 bits per heavy atom. The molecule has 8 heteroatoms. The first-order chi connectivity index (χ1) is 15.5. The Bertz CT molecular complexity index is 1140. The Kier molecular flexibility index (Phi) is 6.84. The van der Waals surface area contributed by atoms with Gasteiger partial charge in [0.25, 0.3) is 5.91 Å². The summed E-state index contributed by atoms with van der Waals surface area (Å²) in [6, 6.07) is 23.6.